The molecule has 3 nitrogen and oxygen atoms in total. The number of carbonyl (C=O) groups is 1. The molecular weight excluding hydrogens is 135 g/mol. The Bertz CT molecular complexity index is 64.3. The van der Waals surface area contributed by atoms with Gasteiger partial charge in [-0.15, -0.1) is 0 Å². The third kappa shape index (κ3) is 7.07. The van der Waals surface area contributed by atoms with Gasteiger partial charge in [-0.1, -0.05) is 6.92 Å². The summed E-state index contributed by atoms with van der Waals surface area (Å²) in [5.74, 6) is -0.567. The zero-order valence-electron chi connectivity index (χ0n) is 4.18. The summed E-state index contributed by atoms with van der Waals surface area (Å²) < 4.78 is 0. The van der Waals surface area contributed by atoms with Crippen LogP contribution >= 0.6 is 0 Å². The van der Waals surface area contributed by atoms with E-state index in [2.05, 4.69) is 4.89 Å². The quantitative estimate of drug-likeness (QED) is 0.341. The van der Waals surface area contributed by atoms with Crippen molar-refractivity contribution in [3.05, 3.63) is 0 Å². The number of carbonyl (C=O) groups excluding carboxylic acids is 1. The van der Waals surface area contributed by atoms with Crippen LogP contribution < -0.4 is 0 Å². The fourth-order valence-electron chi connectivity index (χ4n) is 0.250. The number of hydrogen-bond donors (Lipinski definition) is 1. The molecule has 0 spiro atoms. The molecular formula is C4H9KO3. The van der Waals surface area contributed by atoms with Gasteiger partial charge in [0.2, 0.25) is 0 Å². The zero-order valence-corrected chi connectivity index (χ0v) is 4.18. The molecule has 8 heavy (non-hydrogen) atoms. The molecule has 0 saturated heterocycles. The van der Waals surface area contributed by atoms with Gasteiger partial charge in [0.25, 0.3) is 0 Å². The Morgan fingerprint density at radius 2 is 2.25 bits per heavy atom. The van der Waals surface area contributed by atoms with E-state index in [1.807, 2.05) is 6.92 Å². The van der Waals surface area contributed by atoms with Gasteiger partial charge in [-0.2, -0.15) is 5.26 Å². The summed E-state index contributed by atoms with van der Waals surface area (Å²) in [6, 6.07) is 0. The minimum atomic E-state index is -0.567. The third-order valence-electron chi connectivity index (χ3n) is 0.556. The summed E-state index contributed by atoms with van der Waals surface area (Å²) in [6.07, 6.45) is 0.996. The molecule has 0 aliphatic carbocycles. The molecule has 44 valence electrons. The second-order valence-electron chi connectivity index (χ2n) is 1.21. The molecule has 0 aliphatic heterocycles. The molecule has 0 aromatic heterocycles. The fourth-order valence-corrected chi connectivity index (χ4v) is 0.250. The van der Waals surface area contributed by atoms with Gasteiger partial charge in [-0.3, -0.25) is 0 Å². The summed E-state index contributed by atoms with van der Waals surface area (Å²) in [4.78, 5) is 13.3. The predicted molar refractivity (Wildman–Crippen MR) is 30.8 cm³/mol. The topological polar surface area (TPSA) is 46.5 Å². The van der Waals surface area contributed by atoms with Crippen LogP contribution in [0.2, 0.25) is 0 Å². The Morgan fingerprint density at radius 3 is 2.38 bits per heavy atom. The first kappa shape index (κ1) is 11.8. The molecule has 0 saturated carbocycles. The van der Waals surface area contributed by atoms with Crippen LogP contribution in [0.15, 0.2) is 0 Å². The van der Waals surface area contributed by atoms with Gasteiger partial charge in [0.05, 0.1) is 0 Å². The maximum absolute atomic E-state index is 9.94. The van der Waals surface area contributed by atoms with Gasteiger partial charge in [0.15, 0.2) is 0 Å². The van der Waals surface area contributed by atoms with Crippen molar-refractivity contribution < 1.29 is 14.9 Å². The van der Waals surface area contributed by atoms with Gasteiger partial charge in [-0.25, -0.2) is 4.79 Å². The van der Waals surface area contributed by atoms with Crippen molar-refractivity contribution in [1.82, 2.24) is 0 Å². The SMILES string of the molecule is CCCC(=O)OO.[KH]. The van der Waals surface area contributed by atoms with Gasteiger partial charge >= 0.3 is 57.4 Å². The van der Waals surface area contributed by atoms with E-state index in [0.717, 1.165) is 0 Å². The van der Waals surface area contributed by atoms with Gasteiger partial charge < -0.3 is 4.89 Å². The van der Waals surface area contributed by atoms with E-state index >= 15 is 0 Å². The Kier molecular flexibility index (Phi) is 11.9. The first-order valence-electron chi connectivity index (χ1n) is 2.15. The van der Waals surface area contributed by atoms with Crippen LogP contribution in [0.3, 0.4) is 0 Å². The number of rotatable bonds is 2. The normalized spacial score (nSPS) is 7.25. The third-order valence-corrected chi connectivity index (χ3v) is 0.556. The van der Waals surface area contributed by atoms with Crippen LogP contribution in [-0.2, 0) is 9.68 Å². The van der Waals surface area contributed by atoms with Crippen LogP contribution in [0.25, 0.3) is 0 Å². The monoisotopic (exact) mass is 144 g/mol. The van der Waals surface area contributed by atoms with Crippen molar-refractivity contribution in [2.45, 2.75) is 19.8 Å². The van der Waals surface area contributed by atoms with Crippen molar-refractivity contribution in [3.8, 4) is 0 Å². The first-order chi connectivity index (χ1) is 3.31. The molecule has 0 unspecified atom stereocenters. The van der Waals surface area contributed by atoms with Crippen LogP contribution in [0.4, 0.5) is 0 Å². The summed E-state index contributed by atoms with van der Waals surface area (Å²) >= 11 is 0. The van der Waals surface area contributed by atoms with E-state index in [1.54, 1.807) is 0 Å². The molecule has 0 aliphatic rings. The second-order valence-corrected chi connectivity index (χ2v) is 1.21. The molecule has 0 aromatic carbocycles. The Morgan fingerprint density at radius 1 is 1.75 bits per heavy atom. The molecule has 0 atom stereocenters. The minimum absolute atomic E-state index is 0. The fraction of sp³-hybridized carbons (Fsp3) is 0.750. The van der Waals surface area contributed by atoms with Crippen molar-refractivity contribution in [1.29, 1.82) is 0 Å². The van der Waals surface area contributed by atoms with E-state index < -0.39 is 5.97 Å². The Labute approximate surface area is 90.8 Å². The molecule has 0 fully saturated rings. The van der Waals surface area contributed by atoms with E-state index in [1.165, 1.54) is 0 Å². The molecule has 0 amide bonds. The van der Waals surface area contributed by atoms with Crippen LogP contribution in [-0.4, -0.2) is 62.6 Å². The predicted octanol–water partition coefficient (Wildman–Crippen LogP) is 0.154. The Hall–Kier alpha value is 1.07. The summed E-state index contributed by atoms with van der Waals surface area (Å²) in [7, 11) is 0. The molecule has 0 radical (unpaired) electrons. The zero-order chi connectivity index (χ0) is 5.70. The molecule has 0 bridgehead atoms. The molecule has 0 aromatic rings. The Balaban J connectivity index is 0. The van der Waals surface area contributed by atoms with Crippen molar-refractivity contribution in [2.24, 2.45) is 0 Å². The van der Waals surface area contributed by atoms with Crippen molar-refractivity contribution >= 4 is 57.4 Å². The maximum atomic E-state index is 9.94. The average Bonchev–Trinajstić information content (AvgIpc) is 1.68. The van der Waals surface area contributed by atoms with Crippen LogP contribution in [0.1, 0.15) is 19.8 Å². The summed E-state index contributed by atoms with van der Waals surface area (Å²) in [5, 5.41) is 7.62. The van der Waals surface area contributed by atoms with Crippen LogP contribution in [0, 0.1) is 0 Å². The first-order valence-corrected chi connectivity index (χ1v) is 2.15. The van der Waals surface area contributed by atoms with E-state index in [-0.39, 0.29) is 57.8 Å². The second kappa shape index (κ2) is 8.07. The van der Waals surface area contributed by atoms with E-state index in [4.69, 9.17) is 5.26 Å². The summed E-state index contributed by atoms with van der Waals surface area (Å²) in [5.41, 5.74) is 0. The summed E-state index contributed by atoms with van der Waals surface area (Å²) in [6.45, 7) is 1.83. The number of hydrogen-bond acceptors (Lipinski definition) is 3. The molecule has 1 N–H and O–H groups in total. The van der Waals surface area contributed by atoms with Crippen molar-refractivity contribution in [3.63, 3.8) is 0 Å². The van der Waals surface area contributed by atoms with Gasteiger partial charge in [0, 0.05) is 6.42 Å². The van der Waals surface area contributed by atoms with E-state index in [9.17, 15) is 4.79 Å². The van der Waals surface area contributed by atoms with E-state index in [0.29, 0.717) is 6.42 Å². The standard InChI is InChI=1S/C4H8O3.K.H/c1-2-3-4(5)7-6;;/h6H,2-3H2,1H3;;. The molecule has 0 rings (SSSR count). The molecule has 0 heterocycles. The molecule has 4 heteroatoms. The van der Waals surface area contributed by atoms with Crippen molar-refractivity contribution in [2.75, 3.05) is 0 Å². The van der Waals surface area contributed by atoms with Crippen LogP contribution in [0.5, 0.6) is 0 Å². The average molecular weight is 144 g/mol. The van der Waals surface area contributed by atoms with Gasteiger partial charge in [0.1, 0.15) is 0 Å². The van der Waals surface area contributed by atoms with Gasteiger partial charge in [-0.05, 0) is 6.42 Å².